The molecule has 5 nitrogen and oxygen atoms in total. The van der Waals surface area contributed by atoms with E-state index in [1.54, 1.807) is 27.2 Å². The highest BCUT2D eigenvalue weighted by molar-refractivity contribution is 9.10. The Kier molecular flexibility index (Phi) is 6.37. The van der Waals surface area contributed by atoms with Crippen molar-refractivity contribution in [3.63, 3.8) is 0 Å². The van der Waals surface area contributed by atoms with Crippen LogP contribution in [-0.2, 0) is 6.42 Å². The number of aldehydes is 1. The molecule has 0 heterocycles. The fraction of sp³-hybridized carbons (Fsp3) is 0.208. The molecule has 0 spiro atoms. The zero-order valence-electron chi connectivity index (χ0n) is 17.2. The first-order valence-electron chi connectivity index (χ1n) is 9.32. The highest BCUT2D eigenvalue weighted by Gasteiger charge is 2.24. The number of hydrogen-bond donors (Lipinski definition) is 2. The monoisotopic (exact) mass is 470 g/mol. The van der Waals surface area contributed by atoms with Crippen molar-refractivity contribution in [2.75, 3.05) is 14.2 Å². The average Bonchev–Trinajstić information content (AvgIpc) is 2.74. The molecule has 6 heteroatoms. The predicted molar refractivity (Wildman–Crippen MR) is 120 cm³/mol. The number of phenols is 2. The lowest BCUT2D eigenvalue weighted by Crippen LogP contribution is -2.05. The molecule has 0 fully saturated rings. The van der Waals surface area contributed by atoms with Gasteiger partial charge < -0.3 is 19.7 Å². The maximum absolute atomic E-state index is 11.9. The number of hydrogen-bond acceptors (Lipinski definition) is 5. The molecular formula is C24H23BrO5. The lowest BCUT2D eigenvalue weighted by atomic mass is 9.86. The van der Waals surface area contributed by atoms with E-state index in [9.17, 15) is 15.0 Å². The fourth-order valence-corrected chi connectivity index (χ4v) is 3.97. The molecule has 0 aromatic heterocycles. The van der Waals surface area contributed by atoms with Crippen molar-refractivity contribution < 1.29 is 24.5 Å². The quantitative estimate of drug-likeness (QED) is 0.364. The highest BCUT2D eigenvalue weighted by Crippen LogP contribution is 2.44. The second-order valence-corrected chi connectivity index (χ2v) is 7.93. The molecule has 3 aromatic rings. The van der Waals surface area contributed by atoms with Crippen LogP contribution < -0.4 is 9.47 Å². The summed E-state index contributed by atoms with van der Waals surface area (Å²) in [7, 11) is 3.17. The topological polar surface area (TPSA) is 76.0 Å². The van der Waals surface area contributed by atoms with Crippen LogP contribution in [0.2, 0.25) is 0 Å². The second-order valence-electron chi connectivity index (χ2n) is 7.02. The molecule has 0 aliphatic rings. The Bertz CT molecular complexity index is 1100. The van der Waals surface area contributed by atoms with Crippen molar-refractivity contribution in [2.24, 2.45) is 0 Å². The minimum Gasteiger partial charge on any atom is -0.504 e. The number of phenolic OH excluding ortho intramolecular Hbond substituents is 2. The van der Waals surface area contributed by atoms with E-state index in [1.807, 2.05) is 37.3 Å². The van der Waals surface area contributed by atoms with Gasteiger partial charge in [-0.25, -0.2) is 0 Å². The zero-order chi connectivity index (χ0) is 22.0. The van der Waals surface area contributed by atoms with E-state index < -0.39 is 5.75 Å². The second kappa shape index (κ2) is 8.79. The van der Waals surface area contributed by atoms with Gasteiger partial charge in [-0.05, 0) is 54.3 Å². The summed E-state index contributed by atoms with van der Waals surface area (Å²) in [6.07, 6.45) is 0.907. The van der Waals surface area contributed by atoms with Gasteiger partial charge in [-0.2, -0.15) is 0 Å². The molecule has 0 saturated heterocycles. The molecule has 0 radical (unpaired) electrons. The minimum atomic E-state index is -0.413. The number of ether oxygens (including phenoxy) is 2. The smallest absolute Gasteiger partial charge is 0.168 e. The van der Waals surface area contributed by atoms with Crippen LogP contribution in [0.25, 0.3) is 11.1 Å². The molecule has 2 N–H and O–H groups in total. The fourth-order valence-electron chi connectivity index (χ4n) is 3.70. The Morgan fingerprint density at radius 3 is 2.20 bits per heavy atom. The van der Waals surface area contributed by atoms with E-state index >= 15 is 0 Å². The molecule has 0 aliphatic carbocycles. The van der Waals surface area contributed by atoms with E-state index in [2.05, 4.69) is 15.9 Å². The molecule has 0 aliphatic heterocycles. The van der Waals surface area contributed by atoms with Gasteiger partial charge in [0.15, 0.2) is 17.8 Å². The molecule has 0 amide bonds. The third kappa shape index (κ3) is 3.87. The molecule has 30 heavy (non-hydrogen) atoms. The summed E-state index contributed by atoms with van der Waals surface area (Å²) in [5, 5.41) is 21.0. The zero-order valence-corrected chi connectivity index (χ0v) is 18.8. The third-order valence-electron chi connectivity index (χ3n) is 5.30. The van der Waals surface area contributed by atoms with Crippen molar-refractivity contribution >= 4 is 22.2 Å². The minimum absolute atomic E-state index is 0.0632. The molecule has 0 unspecified atom stereocenters. The molecular weight excluding hydrogens is 448 g/mol. The van der Waals surface area contributed by atoms with Gasteiger partial charge in [0.25, 0.3) is 0 Å². The molecule has 0 bridgehead atoms. The van der Waals surface area contributed by atoms with E-state index in [1.165, 1.54) is 0 Å². The van der Waals surface area contributed by atoms with Crippen molar-refractivity contribution in [1.82, 2.24) is 0 Å². The number of aromatic hydroxyl groups is 2. The number of methoxy groups -OCH3 is 2. The molecule has 3 rings (SSSR count). The van der Waals surface area contributed by atoms with Crippen molar-refractivity contribution in [1.29, 1.82) is 0 Å². The maximum atomic E-state index is 11.9. The van der Waals surface area contributed by atoms with Crippen LogP contribution in [0, 0.1) is 13.8 Å². The van der Waals surface area contributed by atoms with E-state index in [-0.39, 0.29) is 11.3 Å². The summed E-state index contributed by atoms with van der Waals surface area (Å²) in [4.78, 5) is 11.9. The summed E-state index contributed by atoms with van der Waals surface area (Å²) >= 11 is 3.43. The van der Waals surface area contributed by atoms with Gasteiger partial charge in [-0.15, -0.1) is 0 Å². The van der Waals surface area contributed by atoms with Crippen LogP contribution in [0.15, 0.2) is 40.9 Å². The highest BCUT2D eigenvalue weighted by atomic mass is 79.9. The van der Waals surface area contributed by atoms with Gasteiger partial charge in [0.1, 0.15) is 11.5 Å². The van der Waals surface area contributed by atoms with Gasteiger partial charge in [0.2, 0.25) is 0 Å². The van der Waals surface area contributed by atoms with Crippen molar-refractivity contribution in [3.05, 3.63) is 68.7 Å². The number of benzene rings is 3. The van der Waals surface area contributed by atoms with Crippen LogP contribution in [0.3, 0.4) is 0 Å². The van der Waals surface area contributed by atoms with Crippen LogP contribution in [0.1, 0.15) is 32.6 Å². The SMILES string of the molecule is COc1cc(C)c(Cc2c(C=O)c(O)c(O)c(C)c2-c2ccc(Br)cc2)c(OC)c1. The Morgan fingerprint density at radius 1 is 0.967 bits per heavy atom. The standard InChI is InChI=1S/C24H23BrO5/c1-13-9-17(29-3)10-21(30-4)18(13)11-19-20(12-26)24(28)23(27)14(2)22(19)15-5-7-16(25)8-6-15/h5-10,12,27-28H,11H2,1-4H3. The summed E-state index contributed by atoms with van der Waals surface area (Å²) in [6.45, 7) is 3.66. The number of halogens is 1. The van der Waals surface area contributed by atoms with E-state index in [4.69, 9.17) is 9.47 Å². The first-order valence-corrected chi connectivity index (χ1v) is 10.1. The van der Waals surface area contributed by atoms with Gasteiger partial charge in [-0.3, -0.25) is 4.79 Å². The Labute approximate surface area is 184 Å². The molecule has 156 valence electrons. The van der Waals surface area contributed by atoms with Crippen LogP contribution in [-0.4, -0.2) is 30.7 Å². The lowest BCUT2D eigenvalue weighted by Gasteiger charge is -2.21. The average molecular weight is 471 g/mol. The Balaban J connectivity index is 2.32. The first kappa shape index (κ1) is 21.7. The third-order valence-corrected chi connectivity index (χ3v) is 5.83. The number of aryl methyl sites for hydroxylation is 1. The normalized spacial score (nSPS) is 10.7. The van der Waals surface area contributed by atoms with Gasteiger partial charge in [0.05, 0.1) is 19.8 Å². The maximum Gasteiger partial charge on any atom is 0.168 e. The largest absolute Gasteiger partial charge is 0.504 e. The predicted octanol–water partition coefficient (Wildman–Crippen LogP) is 5.56. The summed E-state index contributed by atoms with van der Waals surface area (Å²) in [5.74, 6) is 0.581. The van der Waals surface area contributed by atoms with Crippen molar-refractivity contribution in [3.8, 4) is 34.1 Å². The summed E-state index contributed by atoms with van der Waals surface area (Å²) in [5.41, 5.74) is 4.51. The van der Waals surface area contributed by atoms with Crippen LogP contribution >= 0.6 is 15.9 Å². The number of rotatable bonds is 6. The van der Waals surface area contributed by atoms with Crippen LogP contribution in [0.4, 0.5) is 0 Å². The Morgan fingerprint density at radius 2 is 1.63 bits per heavy atom. The molecule has 0 atom stereocenters. The molecule has 0 saturated carbocycles. The van der Waals surface area contributed by atoms with Crippen molar-refractivity contribution in [2.45, 2.75) is 20.3 Å². The first-order chi connectivity index (χ1) is 14.3. The van der Waals surface area contributed by atoms with E-state index in [0.717, 1.165) is 21.2 Å². The number of carbonyl (C=O) groups is 1. The van der Waals surface area contributed by atoms with Crippen LogP contribution in [0.5, 0.6) is 23.0 Å². The summed E-state index contributed by atoms with van der Waals surface area (Å²) < 4.78 is 11.8. The number of carbonyl (C=O) groups excluding carboxylic acids is 1. The Hall–Kier alpha value is -2.99. The van der Waals surface area contributed by atoms with E-state index in [0.29, 0.717) is 40.9 Å². The van der Waals surface area contributed by atoms with Gasteiger partial charge >= 0.3 is 0 Å². The van der Waals surface area contributed by atoms with Gasteiger partial charge in [0, 0.05) is 28.1 Å². The summed E-state index contributed by atoms with van der Waals surface area (Å²) in [6, 6.07) is 11.3. The molecule has 3 aromatic carbocycles. The lowest BCUT2D eigenvalue weighted by molar-refractivity contribution is 0.111. The van der Waals surface area contributed by atoms with Gasteiger partial charge in [-0.1, -0.05) is 28.1 Å².